The lowest BCUT2D eigenvalue weighted by atomic mass is 9.51. The van der Waals surface area contributed by atoms with Crippen molar-refractivity contribution in [1.82, 2.24) is 0 Å². The van der Waals surface area contributed by atoms with Crippen LogP contribution in [0.3, 0.4) is 0 Å². The van der Waals surface area contributed by atoms with Gasteiger partial charge in [0.2, 0.25) is 0 Å². The Bertz CT molecular complexity index is 1730. The van der Waals surface area contributed by atoms with Crippen LogP contribution >= 0.6 is 0 Å². The summed E-state index contributed by atoms with van der Waals surface area (Å²) in [4.78, 5) is 40.8. The van der Waals surface area contributed by atoms with Crippen LogP contribution in [0.5, 0.6) is 17.2 Å². The highest BCUT2D eigenvalue weighted by Gasteiger charge is 2.81. The van der Waals surface area contributed by atoms with Crippen LogP contribution in [0.25, 0.3) is 6.08 Å². The number of hydrogen-bond donors (Lipinski definition) is 2. The van der Waals surface area contributed by atoms with Crippen LogP contribution in [0, 0.1) is 11.8 Å². The molecular formula is C38H44O8. The number of ketones is 2. The molecule has 0 radical (unpaired) electrons. The lowest BCUT2D eigenvalue weighted by Crippen LogP contribution is -2.72. The Hall–Kier alpha value is -3.91. The van der Waals surface area contributed by atoms with Crippen molar-refractivity contribution in [2.24, 2.45) is 11.8 Å². The van der Waals surface area contributed by atoms with E-state index in [9.17, 15) is 24.6 Å². The predicted molar refractivity (Wildman–Crippen MR) is 174 cm³/mol. The Morgan fingerprint density at radius 3 is 2.35 bits per heavy atom. The van der Waals surface area contributed by atoms with Crippen LogP contribution in [0.1, 0.15) is 103 Å². The topological polar surface area (TPSA) is 119 Å². The van der Waals surface area contributed by atoms with Gasteiger partial charge in [-0.15, -0.1) is 0 Å². The molecule has 6 aliphatic rings. The lowest BCUT2D eigenvalue weighted by Gasteiger charge is -2.56. The van der Waals surface area contributed by atoms with Gasteiger partial charge >= 0.3 is 5.97 Å². The van der Waals surface area contributed by atoms with E-state index >= 15 is 0 Å². The minimum atomic E-state index is -1.63. The van der Waals surface area contributed by atoms with Gasteiger partial charge in [-0.1, -0.05) is 35.5 Å². The standard InChI is InChI=1S/C38H44O8/c1-20(2)10-9-15-36(8)16-14-24-29(39)28-30(40)26-18-23-19-27-35(6,7)46-37(33(23)41,17-13-22(5)34(42)43)38(26,27)45-32(28)25(31(24)44-36)12-11-21(3)4/h10-11,13-14,16,18,23,27,39H,9,12,15,17,19H2,1-8H3,(H,42,43)/b22-13+/t23-,27-,36+,37-,38+/m0/s1. The number of ether oxygens (including phenoxy) is 3. The van der Waals surface area contributed by atoms with Crippen LogP contribution < -0.4 is 9.47 Å². The van der Waals surface area contributed by atoms with E-state index in [1.807, 2.05) is 52.8 Å². The normalized spacial score (nSPS) is 31.2. The van der Waals surface area contributed by atoms with Gasteiger partial charge < -0.3 is 24.4 Å². The molecule has 3 aliphatic heterocycles. The molecule has 7 rings (SSSR count). The van der Waals surface area contributed by atoms with Gasteiger partial charge in [-0.05, 0) is 93.2 Å². The third kappa shape index (κ3) is 4.47. The number of carboxylic acids is 1. The molecule has 1 aromatic rings. The fourth-order valence-corrected chi connectivity index (χ4v) is 8.17. The summed E-state index contributed by atoms with van der Waals surface area (Å²) in [5.41, 5.74) is -0.952. The molecule has 5 atom stereocenters. The Labute approximate surface area is 270 Å². The van der Waals surface area contributed by atoms with Gasteiger partial charge in [-0.2, -0.15) is 0 Å². The largest absolute Gasteiger partial charge is 0.506 e. The van der Waals surface area contributed by atoms with E-state index in [2.05, 4.69) is 19.9 Å². The van der Waals surface area contributed by atoms with Crippen molar-refractivity contribution in [3.8, 4) is 17.2 Å². The molecule has 0 aromatic heterocycles. The zero-order valence-corrected chi connectivity index (χ0v) is 28.0. The number of allylic oxidation sites excluding steroid dienone is 5. The van der Waals surface area contributed by atoms with Crippen molar-refractivity contribution in [2.75, 3.05) is 0 Å². The maximum Gasteiger partial charge on any atom is 0.330 e. The second-order valence-electron chi connectivity index (χ2n) is 14.8. The molecule has 244 valence electrons. The number of hydrogen-bond acceptors (Lipinski definition) is 7. The summed E-state index contributed by atoms with van der Waals surface area (Å²) in [7, 11) is 0. The third-order valence-electron chi connectivity index (χ3n) is 10.5. The van der Waals surface area contributed by atoms with Crippen LogP contribution in [0.2, 0.25) is 0 Å². The summed E-state index contributed by atoms with van der Waals surface area (Å²) >= 11 is 0. The van der Waals surface area contributed by atoms with E-state index in [-0.39, 0.29) is 40.8 Å². The molecular weight excluding hydrogens is 584 g/mol. The highest BCUT2D eigenvalue weighted by Crippen LogP contribution is 2.68. The van der Waals surface area contributed by atoms with Gasteiger partial charge in [-0.3, -0.25) is 9.59 Å². The number of benzene rings is 1. The maximum atomic E-state index is 14.7. The molecule has 1 saturated heterocycles. The molecule has 3 heterocycles. The van der Waals surface area contributed by atoms with Crippen molar-refractivity contribution in [2.45, 2.75) is 110 Å². The first-order valence-electron chi connectivity index (χ1n) is 16.2. The average Bonchev–Trinajstić information content (AvgIpc) is 3.12. The summed E-state index contributed by atoms with van der Waals surface area (Å²) in [6.45, 7) is 15.4. The smallest absolute Gasteiger partial charge is 0.330 e. The monoisotopic (exact) mass is 628 g/mol. The molecule has 8 nitrogen and oxygen atoms in total. The predicted octanol–water partition coefficient (Wildman–Crippen LogP) is 7.24. The summed E-state index contributed by atoms with van der Waals surface area (Å²) in [5.74, 6) is -2.28. The summed E-state index contributed by atoms with van der Waals surface area (Å²) in [6, 6.07) is 0. The highest BCUT2D eigenvalue weighted by molar-refractivity contribution is 6.19. The molecule has 8 heteroatoms. The van der Waals surface area contributed by atoms with E-state index in [1.54, 1.807) is 6.08 Å². The zero-order valence-electron chi connectivity index (χ0n) is 28.0. The van der Waals surface area contributed by atoms with E-state index in [4.69, 9.17) is 14.2 Å². The highest BCUT2D eigenvalue weighted by atomic mass is 16.6. The maximum absolute atomic E-state index is 14.7. The van der Waals surface area contributed by atoms with Crippen molar-refractivity contribution in [1.29, 1.82) is 0 Å². The number of phenols is 1. The van der Waals surface area contributed by atoms with E-state index < -0.39 is 40.1 Å². The molecule has 2 fully saturated rings. The van der Waals surface area contributed by atoms with Gasteiger partial charge in [0.25, 0.3) is 0 Å². The summed E-state index contributed by atoms with van der Waals surface area (Å²) in [6.07, 6.45) is 13.4. The van der Waals surface area contributed by atoms with E-state index in [0.717, 1.165) is 12.0 Å². The van der Waals surface area contributed by atoms with E-state index in [1.165, 1.54) is 18.6 Å². The first-order valence-corrected chi connectivity index (χ1v) is 16.2. The number of aliphatic carboxylic acids is 1. The summed E-state index contributed by atoms with van der Waals surface area (Å²) in [5, 5.41) is 21.4. The van der Waals surface area contributed by atoms with Crippen LogP contribution in [0.15, 0.2) is 52.7 Å². The van der Waals surface area contributed by atoms with Crippen LogP contribution in [0.4, 0.5) is 0 Å². The molecule has 1 spiro atoms. The molecule has 46 heavy (non-hydrogen) atoms. The van der Waals surface area contributed by atoms with E-state index in [0.29, 0.717) is 41.7 Å². The fraction of sp³-hybridized carbons (Fsp3) is 0.500. The number of rotatable bonds is 8. The molecule has 1 saturated carbocycles. The van der Waals surface area contributed by atoms with Crippen molar-refractivity contribution in [3.63, 3.8) is 0 Å². The number of carbonyl (C=O) groups excluding carboxylic acids is 2. The number of aromatic hydroxyl groups is 1. The Kier molecular flexibility index (Phi) is 7.36. The Morgan fingerprint density at radius 1 is 1.00 bits per heavy atom. The van der Waals surface area contributed by atoms with Gasteiger partial charge in [0, 0.05) is 35.0 Å². The number of fused-ring (bicyclic) bond motifs is 2. The van der Waals surface area contributed by atoms with Crippen molar-refractivity contribution >= 4 is 23.6 Å². The van der Waals surface area contributed by atoms with Gasteiger partial charge in [0.1, 0.15) is 28.4 Å². The first-order chi connectivity index (χ1) is 21.5. The second kappa shape index (κ2) is 10.6. The molecule has 0 amide bonds. The second-order valence-corrected chi connectivity index (χ2v) is 14.8. The number of phenolic OH excluding ortho intramolecular Hbond substituents is 1. The first kappa shape index (κ1) is 32.0. The number of carboxylic acid groups (broad SMARTS) is 1. The number of Topliss-reactive ketones (excluding diaryl/α,β-unsaturated/α-hetero) is 2. The minimum absolute atomic E-state index is 0.0544. The van der Waals surface area contributed by atoms with Gasteiger partial charge in [0.05, 0.1) is 11.2 Å². The third-order valence-corrected chi connectivity index (χ3v) is 10.5. The van der Waals surface area contributed by atoms with Crippen molar-refractivity contribution < 1.29 is 38.8 Å². The van der Waals surface area contributed by atoms with Gasteiger partial charge in [-0.25, -0.2) is 4.79 Å². The minimum Gasteiger partial charge on any atom is -0.506 e. The Morgan fingerprint density at radius 2 is 1.70 bits per heavy atom. The number of carbonyl (C=O) groups is 3. The molecule has 3 aliphatic carbocycles. The van der Waals surface area contributed by atoms with Crippen LogP contribution in [-0.4, -0.2) is 50.2 Å². The quantitative estimate of drug-likeness (QED) is 0.228. The van der Waals surface area contributed by atoms with Gasteiger partial charge in [0.15, 0.2) is 22.8 Å². The summed E-state index contributed by atoms with van der Waals surface area (Å²) < 4.78 is 20.6. The molecule has 1 aromatic carbocycles. The fourth-order valence-electron chi connectivity index (χ4n) is 8.17. The van der Waals surface area contributed by atoms with Crippen molar-refractivity contribution in [3.05, 3.63) is 69.4 Å². The zero-order chi connectivity index (χ0) is 33.6. The average molecular weight is 629 g/mol. The molecule has 2 N–H and O–H groups in total. The molecule has 4 bridgehead atoms. The Balaban J connectivity index is 1.59. The lowest BCUT2D eigenvalue weighted by molar-refractivity contribution is -0.171. The SMILES string of the molecule is CC(C)=CCC[C@]1(C)C=Cc2c(O)c3c(c(CC=C(C)C)c2O1)O[C@]12C(=C[C@H]4C[C@H]1C(C)(C)O[C@@]2(C/C=C(\C)C(=O)O)C4=O)C3=O. The molecule has 0 unspecified atom stereocenters. The van der Waals surface area contributed by atoms with Crippen LogP contribution in [-0.2, 0) is 20.7 Å².